The van der Waals surface area contributed by atoms with E-state index >= 15 is 0 Å². The molecule has 26 heavy (non-hydrogen) atoms. The summed E-state index contributed by atoms with van der Waals surface area (Å²) in [7, 11) is -4.06. The quantitative estimate of drug-likeness (QED) is 0.695. The smallest absolute Gasteiger partial charge is 0.262 e. The van der Waals surface area contributed by atoms with Crippen molar-refractivity contribution in [3.8, 4) is 0 Å². The van der Waals surface area contributed by atoms with Crippen LogP contribution in [0.3, 0.4) is 0 Å². The van der Waals surface area contributed by atoms with E-state index in [1.54, 1.807) is 6.92 Å². The Morgan fingerprint density at radius 3 is 2.58 bits per heavy atom. The minimum absolute atomic E-state index is 0.120. The number of carbonyl (C=O) groups excluding carboxylic acids is 1. The number of rotatable bonds is 5. The molecule has 2 N–H and O–H groups in total. The Hall–Kier alpha value is -2.85. The number of amides is 1. The number of nitrogens with one attached hydrogen (secondary N) is 2. The zero-order valence-corrected chi connectivity index (χ0v) is 15.1. The number of carbonyl (C=O) groups is 1. The number of nitrogens with zero attached hydrogens (tertiary/aromatic N) is 2. The van der Waals surface area contributed by atoms with Gasteiger partial charge in [0, 0.05) is 5.56 Å². The zero-order chi connectivity index (χ0) is 18.7. The minimum atomic E-state index is -4.06. The fraction of sp³-hybridized carbons (Fsp3) is 0.0625. The molecule has 1 aromatic heterocycles. The number of aryl methyl sites for hydroxylation is 1. The number of anilines is 2. The number of para-hydroxylation sites is 1. The number of benzene rings is 2. The molecule has 7 nitrogen and oxygen atoms in total. The van der Waals surface area contributed by atoms with Crippen LogP contribution in [0.15, 0.2) is 53.4 Å². The number of aromatic nitrogens is 2. The lowest BCUT2D eigenvalue weighted by molar-refractivity contribution is 0.102. The Labute approximate surface area is 153 Å². The Kier molecular flexibility index (Phi) is 4.96. The Morgan fingerprint density at radius 1 is 1.12 bits per heavy atom. The van der Waals surface area contributed by atoms with Gasteiger partial charge in [-0.3, -0.25) is 14.8 Å². The summed E-state index contributed by atoms with van der Waals surface area (Å²) in [6.07, 6.45) is 0. The first-order valence-electron chi connectivity index (χ1n) is 7.34. The third kappa shape index (κ3) is 4.03. The molecule has 0 spiro atoms. The highest BCUT2D eigenvalue weighted by molar-refractivity contribution is 7.92. The van der Waals surface area contributed by atoms with Crippen LogP contribution >= 0.6 is 11.3 Å². The summed E-state index contributed by atoms with van der Waals surface area (Å²) >= 11 is 1.20. The molecule has 1 heterocycles. The van der Waals surface area contributed by atoms with Crippen molar-refractivity contribution in [1.82, 2.24) is 10.2 Å². The molecule has 1 amide bonds. The van der Waals surface area contributed by atoms with Crippen molar-refractivity contribution in [2.45, 2.75) is 11.8 Å². The van der Waals surface area contributed by atoms with Gasteiger partial charge in [-0.25, -0.2) is 12.8 Å². The van der Waals surface area contributed by atoms with Gasteiger partial charge >= 0.3 is 0 Å². The van der Waals surface area contributed by atoms with E-state index in [0.29, 0.717) is 10.1 Å². The van der Waals surface area contributed by atoms with Gasteiger partial charge in [0.1, 0.15) is 10.8 Å². The second kappa shape index (κ2) is 7.18. The van der Waals surface area contributed by atoms with Gasteiger partial charge in [0.15, 0.2) is 0 Å². The summed E-state index contributed by atoms with van der Waals surface area (Å²) in [5.41, 5.74) is -0.0547. The van der Waals surface area contributed by atoms with Crippen LogP contribution in [-0.4, -0.2) is 24.5 Å². The number of hydrogen-bond acceptors (Lipinski definition) is 6. The Morgan fingerprint density at radius 2 is 1.88 bits per heavy atom. The maximum Gasteiger partial charge on any atom is 0.262 e. The second-order valence-electron chi connectivity index (χ2n) is 5.19. The zero-order valence-electron chi connectivity index (χ0n) is 13.4. The fourth-order valence-electron chi connectivity index (χ4n) is 2.07. The highest BCUT2D eigenvalue weighted by atomic mass is 32.2. The third-order valence-corrected chi connectivity index (χ3v) is 5.39. The third-order valence-electron chi connectivity index (χ3n) is 3.27. The molecule has 0 aliphatic rings. The van der Waals surface area contributed by atoms with Gasteiger partial charge in [0.05, 0.1) is 10.6 Å². The standard InChI is InChI=1S/C16H13FN4O3S2/c1-10-19-20-16(25-10)18-15(22)11-5-4-6-12(9-11)26(23,24)21-14-8-3-2-7-13(14)17/h2-9,21H,1H3,(H,18,20,22). The van der Waals surface area contributed by atoms with Gasteiger partial charge in [-0.1, -0.05) is 29.5 Å². The van der Waals surface area contributed by atoms with Gasteiger partial charge < -0.3 is 0 Å². The lowest BCUT2D eigenvalue weighted by atomic mass is 10.2. The molecular formula is C16H13FN4O3S2. The van der Waals surface area contributed by atoms with Crippen molar-refractivity contribution in [3.05, 3.63) is 64.9 Å². The molecule has 0 fully saturated rings. The summed E-state index contributed by atoms with van der Waals surface area (Å²) in [5, 5.41) is 11.1. The van der Waals surface area contributed by atoms with Gasteiger partial charge in [-0.2, -0.15) is 0 Å². The van der Waals surface area contributed by atoms with Crippen LogP contribution in [0.1, 0.15) is 15.4 Å². The Balaban J connectivity index is 1.84. The molecule has 0 atom stereocenters. The van der Waals surface area contributed by atoms with E-state index in [9.17, 15) is 17.6 Å². The summed E-state index contributed by atoms with van der Waals surface area (Å²) in [6, 6.07) is 10.8. The van der Waals surface area contributed by atoms with Gasteiger partial charge in [0.25, 0.3) is 15.9 Å². The van der Waals surface area contributed by atoms with E-state index in [0.717, 1.165) is 6.07 Å². The highest BCUT2D eigenvalue weighted by Gasteiger charge is 2.18. The number of halogens is 1. The average Bonchev–Trinajstić information content (AvgIpc) is 3.02. The fourth-order valence-corrected chi connectivity index (χ4v) is 3.77. The van der Waals surface area contributed by atoms with Gasteiger partial charge in [-0.15, -0.1) is 10.2 Å². The van der Waals surface area contributed by atoms with Crippen molar-refractivity contribution in [3.63, 3.8) is 0 Å². The average molecular weight is 392 g/mol. The number of sulfonamides is 1. The van der Waals surface area contributed by atoms with Crippen LogP contribution in [-0.2, 0) is 10.0 Å². The van der Waals surface area contributed by atoms with Crippen LogP contribution in [0.25, 0.3) is 0 Å². The predicted molar refractivity (Wildman–Crippen MR) is 96.2 cm³/mol. The van der Waals surface area contributed by atoms with Crippen molar-refractivity contribution in [2.24, 2.45) is 0 Å². The van der Waals surface area contributed by atoms with E-state index in [4.69, 9.17) is 0 Å². The maximum absolute atomic E-state index is 13.7. The molecule has 0 saturated carbocycles. The summed E-state index contributed by atoms with van der Waals surface area (Å²) < 4.78 is 40.8. The lowest BCUT2D eigenvalue weighted by Crippen LogP contribution is -2.16. The first kappa shape index (κ1) is 18.0. The molecule has 2 aromatic carbocycles. The van der Waals surface area contributed by atoms with Crippen LogP contribution in [0.4, 0.5) is 15.2 Å². The van der Waals surface area contributed by atoms with Crippen molar-refractivity contribution in [1.29, 1.82) is 0 Å². The van der Waals surface area contributed by atoms with Gasteiger partial charge in [-0.05, 0) is 37.3 Å². The summed E-state index contributed by atoms with van der Waals surface area (Å²) in [4.78, 5) is 12.1. The molecule has 0 radical (unpaired) electrons. The normalized spacial score (nSPS) is 11.2. The lowest BCUT2D eigenvalue weighted by Gasteiger charge is -2.10. The van der Waals surface area contributed by atoms with E-state index in [-0.39, 0.29) is 16.1 Å². The SMILES string of the molecule is Cc1nnc(NC(=O)c2cccc(S(=O)(=O)Nc3ccccc3F)c2)s1. The molecule has 0 bridgehead atoms. The molecular weight excluding hydrogens is 379 g/mol. The van der Waals surface area contributed by atoms with Crippen LogP contribution in [0, 0.1) is 12.7 Å². The van der Waals surface area contributed by atoms with E-state index in [2.05, 4.69) is 20.2 Å². The number of hydrogen-bond donors (Lipinski definition) is 2. The summed E-state index contributed by atoms with van der Waals surface area (Å²) in [5.74, 6) is -1.22. The molecule has 3 rings (SSSR count). The summed E-state index contributed by atoms with van der Waals surface area (Å²) in [6.45, 7) is 1.74. The minimum Gasteiger partial charge on any atom is -0.296 e. The molecule has 0 aliphatic heterocycles. The van der Waals surface area contributed by atoms with Gasteiger partial charge in [0.2, 0.25) is 5.13 Å². The maximum atomic E-state index is 13.7. The second-order valence-corrected chi connectivity index (χ2v) is 8.06. The molecule has 0 saturated heterocycles. The highest BCUT2D eigenvalue weighted by Crippen LogP contribution is 2.20. The van der Waals surface area contributed by atoms with Crippen LogP contribution in [0.5, 0.6) is 0 Å². The molecule has 3 aromatic rings. The predicted octanol–water partition coefficient (Wildman–Crippen LogP) is 3.04. The monoisotopic (exact) mass is 392 g/mol. The molecule has 10 heteroatoms. The molecule has 134 valence electrons. The first-order chi connectivity index (χ1) is 12.3. The molecule has 0 unspecified atom stereocenters. The van der Waals surface area contributed by atoms with E-state index in [1.807, 2.05) is 0 Å². The van der Waals surface area contributed by atoms with E-state index < -0.39 is 21.7 Å². The topological polar surface area (TPSA) is 101 Å². The van der Waals surface area contributed by atoms with Crippen molar-refractivity contribution in [2.75, 3.05) is 10.0 Å². The van der Waals surface area contributed by atoms with Crippen LogP contribution in [0.2, 0.25) is 0 Å². The van der Waals surface area contributed by atoms with E-state index in [1.165, 1.54) is 53.8 Å². The van der Waals surface area contributed by atoms with Crippen molar-refractivity contribution < 1.29 is 17.6 Å². The first-order valence-corrected chi connectivity index (χ1v) is 9.64. The largest absolute Gasteiger partial charge is 0.296 e. The van der Waals surface area contributed by atoms with Crippen LogP contribution < -0.4 is 10.0 Å². The molecule has 0 aliphatic carbocycles. The Bertz CT molecular complexity index is 1070. The van der Waals surface area contributed by atoms with Crippen molar-refractivity contribution >= 4 is 38.1 Å².